The number of pyridine rings is 1. The molecule has 1 amide bonds. The molecule has 1 N–H and O–H groups in total. The molecule has 0 aliphatic heterocycles. The Morgan fingerprint density at radius 3 is 2.75 bits per heavy atom. The van der Waals surface area contributed by atoms with E-state index in [1.165, 1.54) is 0 Å². The molecule has 16 heavy (non-hydrogen) atoms. The van der Waals surface area contributed by atoms with E-state index in [4.69, 9.17) is 23.2 Å². The lowest BCUT2D eigenvalue weighted by Gasteiger charge is -2.05. The van der Waals surface area contributed by atoms with Gasteiger partial charge in [0.1, 0.15) is 10.2 Å². The Morgan fingerprint density at radius 1 is 1.62 bits per heavy atom. The number of hydrogen-bond donors (Lipinski definition) is 1. The third-order valence-corrected chi connectivity index (χ3v) is 4.09. The molecule has 0 bridgehead atoms. The Bertz CT molecular complexity index is 450. The molecule has 1 unspecified atom stereocenters. The zero-order valence-electron chi connectivity index (χ0n) is 8.43. The lowest BCUT2D eigenvalue weighted by atomic mass is 10.3. The van der Waals surface area contributed by atoms with Gasteiger partial charge in [-0.05, 0) is 41.4 Å². The van der Waals surface area contributed by atoms with Crippen molar-refractivity contribution in [3.05, 3.63) is 22.3 Å². The highest BCUT2D eigenvalue weighted by Crippen LogP contribution is 2.53. The molecule has 0 radical (unpaired) electrons. The van der Waals surface area contributed by atoms with Crippen LogP contribution in [0.5, 0.6) is 0 Å². The SMILES string of the molecule is Cc1nc(NC(=O)C2CC2(Cl)Cl)ccc1Br. The second kappa shape index (κ2) is 4.17. The molecule has 6 heteroatoms. The van der Waals surface area contributed by atoms with Crippen molar-refractivity contribution in [3.8, 4) is 0 Å². The van der Waals surface area contributed by atoms with Gasteiger partial charge in [-0.15, -0.1) is 23.2 Å². The number of nitrogens with zero attached hydrogens (tertiary/aromatic N) is 1. The number of rotatable bonds is 2. The summed E-state index contributed by atoms with van der Waals surface area (Å²) in [5.41, 5.74) is 0.816. The maximum atomic E-state index is 11.7. The Labute approximate surface area is 112 Å². The van der Waals surface area contributed by atoms with Crippen molar-refractivity contribution in [3.63, 3.8) is 0 Å². The molecule has 86 valence electrons. The fourth-order valence-corrected chi connectivity index (χ4v) is 2.05. The molecule has 2 rings (SSSR count). The summed E-state index contributed by atoms with van der Waals surface area (Å²) in [4.78, 5) is 15.9. The third-order valence-electron chi connectivity index (χ3n) is 2.42. The van der Waals surface area contributed by atoms with Crippen LogP contribution in [0, 0.1) is 12.8 Å². The zero-order valence-corrected chi connectivity index (χ0v) is 11.5. The van der Waals surface area contributed by atoms with Crippen molar-refractivity contribution >= 4 is 50.9 Å². The summed E-state index contributed by atoms with van der Waals surface area (Å²) < 4.78 is 0.00931. The van der Waals surface area contributed by atoms with Gasteiger partial charge in [0.25, 0.3) is 0 Å². The van der Waals surface area contributed by atoms with E-state index in [0.717, 1.165) is 10.2 Å². The number of carbonyl (C=O) groups excluding carboxylic acids is 1. The summed E-state index contributed by atoms with van der Waals surface area (Å²) in [6.07, 6.45) is 0.497. The van der Waals surface area contributed by atoms with Gasteiger partial charge in [0.05, 0.1) is 11.6 Å². The second-order valence-corrected chi connectivity index (χ2v) is 6.17. The van der Waals surface area contributed by atoms with Crippen molar-refractivity contribution in [2.75, 3.05) is 5.32 Å². The molecular formula is C10H9BrCl2N2O. The molecule has 1 aliphatic carbocycles. The average Bonchev–Trinajstić information content (AvgIpc) is 2.82. The average molecular weight is 324 g/mol. The fourth-order valence-electron chi connectivity index (χ4n) is 1.32. The highest BCUT2D eigenvalue weighted by atomic mass is 79.9. The monoisotopic (exact) mass is 322 g/mol. The van der Waals surface area contributed by atoms with Crippen LogP contribution in [0.25, 0.3) is 0 Å². The zero-order chi connectivity index (χ0) is 11.9. The first-order chi connectivity index (χ1) is 7.40. The standard InChI is InChI=1S/C10H9BrCl2N2O/c1-5-7(11)2-3-8(14-5)15-9(16)6-4-10(6,12)13/h2-3,6H,4H2,1H3,(H,14,15,16). The lowest BCUT2D eigenvalue weighted by Crippen LogP contribution is -2.17. The van der Waals surface area contributed by atoms with Crippen molar-refractivity contribution in [2.45, 2.75) is 17.7 Å². The van der Waals surface area contributed by atoms with E-state index in [2.05, 4.69) is 26.2 Å². The van der Waals surface area contributed by atoms with Crippen LogP contribution in [0.2, 0.25) is 0 Å². The summed E-state index contributed by atoms with van der Waals surface area (Å²) in [5, 5.41) is 2.69. The van der Waals surface area contributed by atoms with Gasteiger partial charge < -0.3 is 5.32 Å². The van der Waals surface area contributed by atoms with Crippen molar-refractivity contribution in [1.82, 2.24) is 4.98 Å². The van der Waals surface area contributed by atoms with Crippen LogP contribution in [0.4, 0.5) is 5.82 Å². The molecule has 1 fully saturated rings. The Hall–Kier alpha value is -0.320. The predicted molar refractivity (Wildman–Crippen MR) is 67.8 cm³/mol. The number of nitrogens with one attached hydrogen (secondary N) is 1. The van der Waals surface area contributed by atoms with Crippen LogP contribution in [-0.2, 0) is 4.79 Å². The summed E-state index contributed by atoms with van der Waals surface area (Å²) in [5.74, 6) is 0.00235. The van der Waals surface area contributed by atoms with Gasteiger partial charge in [-0.3, -0.25) is 4.79 Å². The number of aromatic nitrogens is 1. The molecule has 1 aromatic rings. The van der Waals surface area contributed by atoms with Gasteiger partial charge in [-0.1, -0.05) is 0 Å². The topological polar surface area (TPSA) is 42.0 Å². The number of anilines is 1. The van der Waals surface area contributed by atoms with E-state index < -0.39 is 4.33 Å². The quantitative estimate of drug-likeness (QED) is 0.849. The molecule has 1 atom stereocenters. The van der Waals surface area contributed by atoms with Crippen LogP contribution in [0.3, 0.4) is 0 Å². The molecule has 0 aromatic carbocycles. The maximum absolute atomic E-state index is 11.7. The highest BCUT2D eigenvalue weighted by molar-refractivity contribution is 9.10. The smallest absolute Gasteiger partial charge is 0.231 e. The molecule has 1 aliphatic rings. The number of aryl methyl sites for hydroxylation is 1. The van der Waals surface area contributed by atoms with Crippen molar-refractivity contribution in [2.24, 2.45) is 5.92 Å². The Kier molecular flexibility index (Phi) is 3.16. The molecule has 0 saturated heterocycles. The third kappa shape index (κ3) is 2.50. The van der Waals surface area contributed by atoms with Crippen molar-refractivity contribution < 1.29 is 4.79 Å². The van der Waals surface area contributed by atoms with E-state index in [-0.39, 0.29) is 11.8 Å². The van der Waals surface area contributed by atoms with Gasteiger partial charge in [0.2, 0.25) is 5.91 Å². The Balaban J connectivity index is 2.05. The second-order valence-electron chi connectivity index (χ2n) is 3.77. The summed E-state index contributed by atoms with van der Waals surface area (Å²) >= 11 is 14.9. The molecule has 0 spiro atoms. The van der Waals surface area contributed by atoms with Gasteiger partial charge >= 0.3 is 0 Å². The number of carbonyl (C=O) groups is 1. The minimum atomic E-state index is -0.894. The number of amides is 1. The first kappa shape index (κ1) is 12.1. The van der Waals surface area contributed by atoms with Crippen molar-refractivity contribution in [1.29, 1.82) is 0 Å². The molecule has 3 nitrogen and oxygen atoms in total. The van der Waals surface area contributed by atoms with Crippen LogP contribution in [0.1, 0.15) is 12.1 Å². The number of alkyl halides is 2. The first-order valence-electron chi connectivity index (χ1n) is 4.72. The Morgan fingerprint density at radius 2 is 2.25 bits per heavy atom. The largest absolute Gasteiger partial charge is 0.310 e. The highest BCUT2D eigenvalue weighted by Gasteiger charge is 2.56. The molecule has 1 aromatic heterocycles. The van der Waals surface area contributed by atoms with Crippen LogP contribution in [0.15, 0.2) is 16.6 Å². The molecule has 1 saturated carbocycles. The summed E-state index contributed by atoms with van der Waals surface area (Å²) in [6.45, 7) is 1.85. The minimum Gasteiger partial charge on any atom is -0.310 e. The van der Waals surface area contributed by atoms with Gasteiger partial charge in [-0.25, -0.2) is 4.98 Å². The van der Waals surface area contributed by atoms with Gasteiger partial charge in [0.15, 0.2) is 0 Å². The minimum absolute atomic E-state index is 0.181. The van der Waals surface area contributed by atoms with Crippen LogP contribution < -0.4 is 5.32 Å². The van der Waals surface area contributed by atoms with E-state index in [0.29, 0.717) is 12.2 Å². The number of hydrogen-bond acceptors (Lipinski definition) is 2. The maximum Gasteiger partial charge on any atom is 0.231 e. The molecular weight excluding hydrogens is 315 g/mol. The number of halogens is 3. The first-order valence-corrected chi connectivity index (χ1v) is 6.27. The summed E-state index contributed by atoms with van der Waals surface area (Å²) in [6, 6.07) is 3.56. The van der Waals surface area contributed by atoms with Crippen LogP contribution in [-0.4, -0.2) is 15.2 Å². The normalized spacial score (nSPS) is 21.6. The van der Waals surface area contributed by atoms with E-state index >= 15 is 0 Å². The van der Waals surface area contributed by atoms with E-state index in [9.17, 15) is 4.79 Å². The molecule has 1 heterocycles. The summed E-state index contributed by atoms with van der Waals surface area (Å²) in [7, 11) is 0. The fraction of sp³-hybridized carbons (Fsp3) is 0.400. The van der Waals surface area contributed by atoms with Gasteiger partial charge in [0, 0.05) is 4.47 Å². The van der Waals surface area contributed by atoms with E-state index in [1.807, 2.05) is 13.0 Å². The van der Waals surface area contributed by atoms with E-state index in [1.54, 1.807) is 6.07 Å². The van der Waals surface area contributed by atoms with Gasteiger partial charge in [-0.2, -0.15) is 0 Å². The lowest BCUT2D eigenvalue weighted by molar-refractivity contribution is -0.117. The predicted octanol–water partition coefficient (Wildman–Crippen LogP) is 3.28. The van der Waals surface area contributed by atoms with Crippen LogP contribution >= 0.6 is 39.1 Å².